The van der Waals surface area contributed by atoms with Crippen LogP contribution in [0.5, 0.6) is 0 Å². The van der Waals surface area contributed by atoms with Crippen LogP contribution < -0.4 is 5.73 Å². The molecule has 3 heterocycles. The molecule has 0 aliphatic carbocycles. The van der Waals surface area contributed by atoms with E-state index in [1.54, 1.807) is 6.33 Å². The summed E-state index contributed by atoms with van der Waals surface area (Å²) in [6.07, 6.45) is 3.91. The third kappa shape index (κ3) is 8.22. The molecule has 0 unspecified atom stereocenters. The largest absolute Gasteiger partial charge is 0.414 e. The van der Waals surface area contributed by atoms with Crippen LogP contribution in [0.15, 0.2) is 36.7 Å². The Labute approximate surface area is 292 Å². The normalized spacial score (nSPS) is 21.9. The fourth-order valence-electron chi connectivity index (χ4n) is 4.83. The lowest BCUT2D eigenvalue weighted by atomic mass is 10.1. The molecule has 1 saturated heterocycles. The quantitative estimate of drug-likeness (QED) is 0.208. The lowest BCUT2D eigenvalue weighted by molar-refractivity contribution is -0.0470. The van der Waals surface area contributed by atoms with Crippen molar-refractivity contribution in [1.29, 1.82) is 0 Å². The zero-order chi connectivity index (χ0) is 36.1. The Balaban J connectivity index is 1.85. The molecule has 0 radical (unpaired) electrons. The van der Waals surface area contributed by atoms with Gasteiger partial charge in [0.05, 0.1) is 12.9 Å². The van der Waals surface area contributed by atoms with Crippen molar-refractivity contribution < 1.29 is 18.0 Å². The van der Waals surface area contributed by atoms with E-state index in [4.69, 9.17) is 33.7 Å². The van der Waals surface area contributed by atoms with Crippen LogP contribution in [0.2, 0.25) is 54.4 Å². The molecule has 0 saturated carbocycles. The van der Waals surface area contributed by atoms with Gasteiger partial charge in [-0.2, -0.15) is 0 Å². The number of hydrogen-bond acceptors (Lipinski definition) is 8. The maximum Gasteiger partial charge on any atom is 0.192 e. The van der Waals surface area contributed by atoms with Gasteiger partial charge in [-0.15, -0.1) is 0 Å². The van der Waals surface area contributed by atoms with E-state index in [0.29, 0.717) is 29.4 Å². The number of fused-ring (bicyclic) bond motifs is 1. The first-order chi connectivity index (χ1) is 21.8. The number of nitrogens with zero attached hydrogens (tertiary/aromatic N) is 4. The average Bonchev–Trinajstić information content (AvgIpc) is 3.50. The maximum absolute atomic E-state index is 7.34. The van der Waals surface area contributed by atoms with Gasteiger partial charge in [-0.25, -0.2) is 15.0 Å². The number of nitrogens with two attached hydrogens (primary N) is 1. The van der Waals surface area contributed by atoms with Crippen molar-refractivity contribution in [2.75, 3.05) is 12.3 Å². The molecule has 9 nitrogen and oxygen atoms in total. The summed E-state index contributed by atoms with van der Waals surface area (Å²) in [5, 5.41) is 0.00508. The van der Waals surface area contributed by atoms with Crippen LogP contribution in [-0.2, 0) is 18.0 Å². The number of rotatable bonds is 10. The molecule has 2 N–H and O–H groups in total. The topological polar surface area (TPSA) is 107 Å². The molecule has 0 amide bonds. The molecular formula is C36H61N5O4Si3. The van der Waals surface area contributed by atoms with Crippen molar-refractivity contribution in [2.24, 2.45) is 0 Å². The van der Waals surface area contributed by atoms with Crippen LogP contribution in [0, 0.1) is 0 Å². The van der Waals surface area contributed by atoms with Gasteiger partial charge in [0.1, 0.15) is 23.8 Å². The van der Waals surface area contributed by atoms with Crippen LogP contribution in [-0.4, -0.2) is 69.4 Å². The van der Waals surface area contributed by atoms with Gasteiger partial charge in [-0.3, -0.25) is 4.57 Å². The average molecular weight is 712 g/mol. The number of benzene rings is 1. The van der Waals surface area contributed by atoms with Crippen molar-refractivity contribution in [2.45, 2.75) is 141 Å². The van der Waals surface area contributed by atoms with Crippen LogP contribution >= 0.6 is 0 Å². The number of anilines is 1. The molecule has 3 aromatic rings. The Bertz CT molecular complexity index is 1590. The molecule has 266 valence electrons. The predicted molar refractivity (Wildman–Crippen MR) is 206 cm³/mol. The minimum Gasteiger partial charge on any atom is -0.414 e. The summed E-state index contributed by atoms with van der Waals surface area (Å²) in [7, 11) is -6.71. The second-order valence-electron chi connectivity index (χ2n) is 17.9. The van der Waals surface area contributed by atoms with Gasteiger partial charge in [0, 0.05) is 0 Å². The van der Waals surface area contributed by atoms with E-state index in [2.05, 4.69) is 107 Å². The zero-order valence-electron chi connectivity index (χ0n) is 32.1. The van der Waals surface area contributed by atoms with Crippen LogP contribution in [0.25, 0.3) is 23.3 Å². The zero-order valence-corrected chi connectivity index (χ0v) is 35.1. The summed E-state index contributed by atoms with van der Waals surface area (Å²) < 4.78 is 30.5. The molecule has 4 rings (SSSR count). The summed E-state index contributed by atoms with van der Waals surface area (Å²) in [6, 6.07) is 10.1. The van der Waals surface area contributed by atoms with Crippen molar-refractivity contribution in [3.8, 4) is 0 Å². The molecule has 0 bridgehead atoms. The Morgan fingerprint density at radius 3 is 1.85 bits per heavy atom. The molecule has 1 aromatic carbocycles. The maximum atomic E-state index is 7.34. The first-order valence-electron chi connectivity index (χ1n) is 17.2. The van der Waals surface area contributed by atoms with E-state index in [-0.39, 0.29) is 27.3 Å². The highest BCUT2D eigenvalue weighted by atomic mass is 28.4. The minimum atomic E-state index is -2.32. The first-order valence-corrected chi connectivity index (χ1v) is 26.0. The monoisotopic (exact) mass is 711 g/mol. The third-order valence-electron chi connectivity index (χ3n) is 11.1. The lowest BCUT2D eigenvalue weighted by Crippen LogP contribution is -2.54. The Morgan fingerprint density at radius 2 is 1.31 bits per heavy atom. The van der Waals surface area contributed by atoms with E-state index in [1.165, 1.54) is 0 Å². The van der Waals surface area contributed by atoms with Gasteiger partial charge in [-0.05, 0) is 66.0 Å². The smallest absolute Gasteiger partial charge is 0.192 e. The highest BCUT2D eigenvalue weighted by Crippen LogP contribution is 2.47. The molecule has 12 heteroatoms. The van der Waals surface area contributed by atoms with E-state index in [9.17, 15) is 0 Å². The van der Waals surface area contributed by atoms with Crippen molar-refractivity contribution in [3.05, 3.63) is 48.0 Å². The van der Waals surface area contributed by atoms with Gasteiger partial charge < -0.3 is 23.7 Å². The lowest BCUT2D eigenvalue weighted by Gasteiger charge is -2.44. The fourth-order valence-corrected chi connectivity index (χ4v) is 8.44. The highest BCUT2D eigenvalue weighted by molar-refractivity contribution is 6.75. The summed E-state index contributed by atoms with van der Waals surface area (Å²) in [6.45, 7) is 34.5. The number of hydrogen-bond donors (Lipinski definition) is 1. The number of imidazole rings is 1. The van der Waals surface area contributed by atoms with E-state index in [0.717, 1.165) is 5.56 Å². The number of nitrogen functional groups attached to an aromatic ring is 1. The van der Waals surface area contributed by atoms with E-state index < -0.39 is 37.3 Å². The van der Waals surface area contributed by atoms with Gasteiger partial charge >= 0.3 is 0 Å². The van der Waals surface area contributed by atoms with E-state index in [1.807, 2.05) is 47.1 Å². The SMILES string of the molecule is CC(C)(C)[Si](C)(C)OC[C@H]1O[C@@H](n2cnc3c(N)nc(/C=C/c4ccccc4)nc32)[C@H](O[Si](C)(C)C(C)(C)C)[C@@H]1O[Si](C)(C)C(C)(C)C. The predicted octanol–water partition coefficient (Wildman–Crippen LogP) is 9.28. The summed E-state index contributed by atoms with van der Waals surface area (Å²) in [4.78, 5) is 14.2. The molecular weight excluding hydrogens is 651 g/mol. The molecule has 2 aromatic heterocycles. The van der Waals surface area contributed by atoms with Gasteiger partial charge in [-0.1, -0.05) is 98.7 Å². The van der Waals surface area contributed by atoms with Gasteiger partial charge in [0.2, 0.25) is 0 Å². The van der Waals surface area contributed by atoms with Crippen molar-refractivity contribution in [3.63, 3.8) is 0 Å². The minimum absolute atomic E-state index is 0.0131. The van der Waals surface area contributed by atoms with Crippen LogP contribution in [0.3, 0.4) is 0 Å². The summed E-state index contributed by atoms with van der Waals surface area (Å²) in [5.41, 5.74) is 8.67. The molecule has 0 spiro atoms. The Morgan fingerprint density at radius 1 is 0.771 bits per heavy atom. The second-order valence-corrected chi connectivity index (χ2v) is 32.2. The van der Waals surface area contributed by atoms with Crippen molar-refractivity contribution >= 4 is 54.1 Å². The number of ether oxygens (including phenoxy) is 1. The van der Waals surface area contributed by atoms with Crippen LogP contribution in [0.4, 0.5) is 5.82 Å². The summed E-state index contributed by atoms with van der Waals surface area (Å²) in [5.74, 6) is 0.815. The second kappa shape index (κ2) is 13.5. The Kier molecular flexibility index (Phi) is 10.9. The van der Waals surface area contributed by atoms with Gasteiger partial charge in [0.15, 0.2) is 48.5 Å². The standard InChI is InChI=1S/C36H61N5O4Si3/c1-34(2,3)46(10,11)42-23-26-29(44-47(12,13)35(4,5)6)30(45-48(14,15)36(7,8)9)33(43-26)41-24-38-28-31(37)39-27(40-32(28)41)22-21-25-19-17-16-18-20-25/h16-22,24,26,29-30,33H,23H2,1-15H3,(H2,37,39,40)/b22-21+/t26-,29-,30-,33-/m1/s1. The Hall–Kier alpha value is -2.20. The highest BCUT2D eigenvalue weighted by Gasteiger charge is 2.55. The number of aromatic nitrogens is 4. The summed E-state index contributed by atoms with van der Waals surface area (Å²) >= 11 is 0. The van der Waals surface area contributed by atoms with E-state index >= 15 is 0 Å². The molecule has 1 aliphatic heterocycles. The molecule has 48 heavy (non-hydrogen) atoms. The van der Waals surface area contributed by atoms with Gasteiger partial charge in [0.25, 0.3) is 0 Å². The fraction of sp³-hybridized carbons (Fsp3) is 0.639. The van der Waals surface area contributed by atoms with Crippen molar-refractivity contribution in [1.82, 2.24) is 19.5 Å². The molecule has 1 fully saturated rings. The molecule has 4 atom stereocenters. The molecule has 1 aliphatic rings. The van der Waals surface area contributed by atoms with Crippen LogP contribution in [0.1, 0.15) is 79.9 Å². The third-order valence-corrected chi connectivity index (χ3v) is 24.6. The first kappa shape index (κ1) is 38.6.